The molecule has 104 valence electrons. The summed E-state index contributed by atoms with van der Waals surface area (Å²) in [6, 6.07) is 0. The molecule has 0 aliphatic heterocycles. The van der Waals surface area contributed by atoms with Gasteiger partial charge in [0.2, 0.25) is 0 Å². The Kier molecular flexibility index (Phi) is 31.5. The maximum absolute atomic E-state index is 10.4. The molecule has 0 amide bonds. The number of hydrogen-bond donors (Lipinski definition) is 3. The molecule has 0 unspecified atom stereocenters. The second-order valence-electron chi connectivity index (χ2n) is 4.24. The van der Waals surface area contributed by atoms with E-state index >= 15 is 0 Å². The molecular formula is C12H28OS3Sn. The molecule has 0 saturated heterocycles. The molecule has 0 aromatic carbocycles. The van der Waals surface area contributed by atoms with Crippen LogP contribution in [0.15, 0.2) is 0 Å². The average Bonchev–Trinajstić information content (AvgIpc) is 2.26. The second kappa shape index (κ2) is 22.7. The zero-order valence-corrected chi connectivity index (χ0v) is 17.1. The molecule has 0 aliphatic carbocycles. The van der Waals surface area contributed by atoms with Gasteiger partial charge < -0.3 is 0 Å². The third-order valence-corrected chi connectivity index (χ3v) is 2.15. The summed E-state index contributed by atoms with van der Waals surface area (Å²) in [5, 5.41) is 0.0267. The van der Waals surface area contributed by atoms with E-state index in [2.05, 4.69) is 59.7 Å². The molecular weight excluding hydrogens is 375 g/mol. The van der Waals surface area contributed by atoms with E-state index in [4.69, 9.17) is 0 Å². The Morgan fingerprint density at radius 1 is 1.06 bits per heavy atom. The van der Waals surface area contributed by atoms with E-state index < -0.39 is 0 Å². The van der Waals surface area contributed by atoms with Gasteiger partial charge in [0.25, 0.3) is 0 Å². The van der Waals surface area contributed by atoms with Crippen molar-refractivity contribution < 1.29 is 4.79 Å². The molecule has 0 heterocycles. The molecule has 0 aromatic rings. The summed E-state index contributed by atoms with van der Waals surface area (Å²) >= 11 is 10.4. The molecule has 0 bridgehead atoms. The quantitative estimate of drug-likeness (QED) is 0.236. The van der Waals surface area contributed by atoms with Gasteiger partial charge in [-0.1, -0.05) is 39.5 Å². The zero-order valence-electron chi connectivity index (χ0n) is 11.6. The van der Waals surface area contributed by atoms with E-state index in [0.717, 1.165) is 12.3 Å². The first-order valence-corrected chi connectivity index (χ1v) is 13.8. The van der Waals surface area contributed by atoms with Gasteiger partial charge in [-0.2, -0.15) is 0 Å². The predicted octanol–water partition coefficient (Wildman–Crippen LogP) is 4.99. The van der Waals surface area contributed by atoms with E-state index in [1.807, 2.05) is 0 Å². The number of thiol groups is 3. The van der Waals surface area contributed by atoms with Gasteiger partial charge in [0.1, 0.15) is 0 Å². The Balaban J connectivity index is -0.000000337. The molecule has 0 rings (SSSR count). The number of rotatable bonds is 7. The molecule has 0 N–H and O–H groups in total. The van der Waals surface area contributed by atoms with Gasteiger partial charge in [-0.05, 0) is 12.3 Å². The molecule has 17 heavy (non-hydrogen) atoms. The van der Waals surface area contributed by atoms with E-state index in [-0.39, 0.29) is 26.3 Å². The number of unbranched alkanes of at least 4 members (excludes halogenated alkanes) is 3. The van der Waals surface area contributed by atoms with Crippen LogP contribution in [0.1, 0.15) is 52.4 Å². The van der Waals surface area contributed by atoms with Gasteiger partial charge in [-0.15, -0.1) is 36.0 Å². The van der Waals surface area contributed by atoms with Crippen molar-refractivity contribution in [3.63, 3.8) is 0 Å². The summed E-state index contributed by atoms with van der Waals surface area (Å²) in [6.45, 7) is 4.49. The minimum absolute atomic E-state index is 0.0267. The number of hydrogen-bond acceptors (Lipinski definition) is 3. The van der Waals surface area contributed by atoms with E-state index in [0.29, 0.717) is 6.42 Å². The van der Waals surface area contributed by atoms with Crippen molar-refractivity contribution in [2.24, 2.45) is 5.92 Å². The van der Waals surface area contributed by atoms with E-state index in [1.165, 1.54) is 25.7 Å². The average molecular weight is 403 g/mol. The fourth-order valence-electron chi connectivity index (χ4n) is 1.18. The topological polar surface area (TPSA) is 17.1 Å². The van der Waals surface area contributed by atoms with Crippen molar-refractivity contribution in [2.45, 2.75) is 62.3 Å². The normalized spacial score (nSPS) is 8.94. The van der Waals surface area contributed by atoms with Crippen LogP contribution in [-0.2, 0) is 4.79 Å². The summed E-state index contributed by atoms with van der Waals surface area (Å²) in [7, 11) is 0. The van der Waals surface area contributed by atoms with Crippen molar-refractivity contribution in [3.8, 4) is 0 Å². The van der Waals surface area contributed by atoms with Gasteiger partial charge in [0.15, 0.2) is 5.12 Å². The summed E-state index contributed by atoms with van der Waals surface area (Å²) in [5.74, 6) is 0.816. The SMILES string of the molecule is CC(C)CCCCCCC(=O)S.SS.[CH3][Sn][CH3]. The van der Waals surface area contributed by atoms with Crippen LogP contribution in [0.2, 0.25) is 9.88 Å². The summed E-state index contributed by atoms with van der Waals surface area (Å²) in [6.07, 6.45) is 6.72. The van der Waals surface area contributed by atoms with Crippen molar-refractivity contribution in [2.75, 3.05) is 0 Å². The third kappa shape index (κ3) is 38.1. The molecule has 1 nitrogen and oxygen atoms in total. The van der Waals surface area contributed by atoms with Crippen molar-refractivity contribution in [3.05, 3.63) is 0 Å². The molecule has 0 aromatic heterocycles. The zero-order chi connectivity index (χ0) is 14.1. The van der Waals surface area contributed by atoms with Crippen molar-refractivity contribution in [1.29, 1.82) is 0 Å². The molecule has 0 saturated carbocycles. The van der Waals surface area contributed by atoms with E-state index in [1.54, 1.807) is 0 Å². The molecule has 2 radical (unpaired) electrons. The Morgan fingerprint density at radius 3 is 1.82 bits per heavy atom. The van der Waals surface area contributed by atoms with E-state index in [9.17, 15) is 4.79 Å². The monoisotopic (exact) mass is 404 g/mol. The predicted molar refractivity (Wildman–Crippen MR) is 92.0 cm³/mol. The molecule has 0 atom stereocenters. The number of carbonyl (C=O) groups excluding carboxylic acids is 1. The summed E-state index contributed by atoms with van der Waals surface area (Å²) in [4.78, 5) is 15.0. The van der Waals surface area contributed by atoms with Gasteiger partial charge in [-0.3, -0.25) is 4.79 Å². The second-order valence-corrected chi connectivity index (χ2v) is 7.59. The maximum atomic E-state index is 10.4. The van der Waals surface area contributed by atoms with Crippen molar-refractivity contribution >= 4 is 62.2 Å². The first-order valence-electron chi connectivity index (χ1n) is 6.04. The van der Waals surface area contributed by atoms with Crippen LogP contribution < -0.4 is 0 Å². The fraction of sp³-hybridized carbons (Fsp3) is 0.917. The third-order valence-electron chi connectivity index (χ3n) is 1.92. The first-order chi connectivity index (χ1) is 8.04. The van der Waals surface area contributed by atoms with Crippen LogP contribution in [0.4, 0.5) is 0 Å². The van der Waals surface area contributed by atoms with Crippen LogP contribution in [0.5, 0.6) is 0 Å². The fourth-order valence-corrected chi connectivity index (χ4v) is 1.34. The first kappa shape index (κ1) is 23.6. The Labute approximate surface area is 134 Å². The minimum atomic E-state index is 0.0267. The van der Waals surface area contributed by atoms with Gasteiger partial charge in [-0.25, -0.2) is 0 Å². The molecule has 0 spiro atoms. The van der Waals surface area contributed by atoms with Crippen LogP contribution in [-0.4, -0.2) is 26.3 Å². The molecule has 0 aliphatic rings. The van der Waals surface area contributed by atoms with Crippen LogP contribution in [0, 0.1) is 5.92 Å². The molecule has 0 fully saturated rings. The number of carbonyl (C=O) groups is 1. The van der Waals surface area contributed by atoms with Crippen LogP contribution in [0.25, 0.3) is 0 Å². The van der Waals surface area contributed by atoms with Gasteiger partial charge >= 0.3 is 31.0 Å². The molecule has 5 heteroatoms. The summed E-state index contributed by atoms with van der Waals surface area (Å²) in [5.41, 5.74) is 0. The Morgan fingerprint density at radius 2 is 1.47 bits per heavy atom. The van der Waals surface area contributed by atoms with Gasteiger partial charge in [0, 0.05) is 6.42 Å². The van der Waals surface area contributed by atoms with Gasteiger partial charge in [0.05, 0.1) is 0 Å². The Hall–Kier alpha value is 1.52. The summed E-state index contributed by atoms with van der Waals surface area (Å²) < 4.78 is 0. The Bertz CT molecular complexity index is 144. The van der Waals surface area contributed by atoms with Crippen LogP contribution in [0.3, 0.4) is 0 Å². The standard InChI is InChI=1S/C10H20OS.2CH3.H2S2.Sn/c1-9(2)7-5-3-4-6-8-10(11)12;;;1-2;/h9H,3-8H2,1-2H3,(H,11,12);2*1H3;1-2H;. The van der Waals surface area contributed by atoms with Crippen molar-refractivity contribution in [1.82, 2.24) is 0 Å². The van der Waals surface area contributed by atoms with Crippen LogP contribution >= 0.6 is 36.0 Å².